The van der Waals surface area contributed by atoms with E-state index in [2.05, 4.69) is 40.3 Å². The fourth-order valence-corrected chi connectivity index (χ4v) is 2.74. The van der Waals surface area contributed by atoms with Gasteiger partial charge in [-0.1, -0.05) is 19.0 Å². The van der Waals surface area contributed by atoms with Crippen LogP contribution in [0.25, 0.3) is 10.6 Å². The molecule has 0 atom stereocenters. The Balaban J connectivity index is 2.19. The standard InChI is InChI=1S/C11H13BrN2OS/c1-7(2)13-5-8-6-14-15-11(8)9-3-4-10(12)16-9/h3-4,6-7,13H,5H2,1-2H3. The van der Waals surface area contributed by atoms with E-state index in [1.165, 1.54) is 0 Å². The van der Waals surface area contributed by atoms with Gasteiger partial charge in [-0.3, -0.25) is 0 Å². The van der Waals surface area contributed by atoms with Gasteiger partial charge in [-0.2, -0.15) is 0 Å². The Labute approximate surface area is 107 Å². The Morgan fingerprint density at radius 2 is 2.31 bits per heavy atom. The number of nitrogens with one attached hydrogen (secondary N) is 1. The van der Waals surface area contributed by atoms with Crippen LogP contribution in [0.4, 0.5) is 0 Å². The normalized spacial score (nSPS) is 11.2. The molecule has 2 aromatic heterocycles. The highest BCUT2D eigenvalue weighted by molar-refractivity contribution is 9.11. The molecule has 0 bridgehead atoms. The zero-order chi connectivity index (χ0) is 11.5. The van der Waals surface area contributed by atoms with Gasteiger partial charge in [0.05, 0.1) is 14.9 Å². The van der Waals surface area contributed by atoms with Crippen molar-refractivity contribution in [1.82, 2.24) is 10.5 Å². The molecule has 16 heavy (non-hydrogen) atoms. The van der Waals surface area contributed by atoms with Crippen molar-refractivity contribution in [1.29, 1.82) is 0 Å². The Kier molecular flexibility index (Phi) is 3.78. The number of hydrogen-bond donors (Lipinski definition) is 1. The first-order valence-electron chi connectivity index (χ1n) is 5.09. The summed E-state index contributed by atoms with van der Waals surface area (Å²) in [5.41, 5.74) is 1.10. The van der Waals surface area contributed by atoms with Gasteiger partial charge >= 0.3 is 0 Å². The van der Waals surface area contributed by atoms with Crippen LogP contribution in [0.3, 0.4) is 0 Å². The predicted octanol–water partition coefficient (Wildman–Crippen LogP) is 3.66. The van der Waals surface area contributed by atoms with Crippen LogP contribution in [0.5, 0.6) is 0 Å². The van der Waals surface area contributed by atoms with Crippen molar-refractivity contribution in [2.24, 2.45) is 0 Å². The lowest BCUT2D eigenvalue weighted by atomic mass is 10.2. The highest BCUT2D eigenvalue weighted by Gasteiger charge is 2.12. The van der Waals surface area contributed by atoms with Crippen LogP contribution in [-0.2, 0) is 6.54 Å². The van der Waals surface area contributed by atoms with Crippen LogP contribution in [0, 0.1) is 0 Å². The number of aromatic nitrogens is 1. The Hall–Kier alpha value is -0.650. The lowest BCUT2D eigenvalue weighted by Crippen LogP contribution is -2.21. The first-order chi connectivity index (χ1) is 7.66. The summed E-state index contributed by atoms with van der Waals surface area (Å²) in [6.07, 6.45) is 1.78. The zero-order valence-electron chi connectivity index (χ0n) is 9.16. The second-order valence-electron chi connectivity index (χ2n) is 3.82. The van der Waals surface area contributed by atoms with Crippen LogP contribution >= 0.6 is 27.3 Å². The largest absolute Gasteiger partial charge is 0.355 e. The van der Waals surface area contributed by atoms with E-state index in [1.807, 2.05) is 12.1 Å². The fraction of sp³-hybridized carbons (Fsp3) is 0.364. The second kappa shape index (κ2) is 5.12. The minimum Gasteiger partial charge on any atom is -0.355 e. The third-order valence-electron chi connectivity index (χ3n) is 2.14. The molecule has 0 aliphatic heterocycles. The maximum absolute atomic E-state index is 5.30. The third-order valence-corrected chi connectivity index (χ3v) is 3.76. The summed E-state index contributed by atoms with van der Waals surface area (Å²) in [4.78, 5) is 1.10. The molecular formula is C11H13BrN2OS. The summed E-state index contributed by atoms with van der Waals surface area (Å²) in [6, 6.07) is 4.51. The predicted molar refractivity (Wildman–Crippen MR) is 69.5 cm³/mol. The SMILES string of the molecule is CC(C)NCc1cnoc1-c1ccc(Br)s1. The van der Waals surface area contributed by atoms with Crippen LogP contribution < -0.4 is 5.32 Å². The van der Waals surface area contributed by atoms with Gasteiger partial charge in [-0.15, -0.1) is 11.3 Å². The Morgan fingerprint density at radius 3 is 2.94 bits per heavy atom. The summed E-state index contributed by atoms with van der Waals surface area (Å²) in [6.45, 7) is 5.02. The summed E-state index contributed by atoms with van der Waals surface area (Å²) in [7, 11) is 0. The van der Waals surface area contributed by atoms with Crippen molar-refractivity contribution in [2.45, 2.75) is 26.4 Å². The van der Waals surface area contributed by atoms with E-state index in [1.54, 1.807) is 17.5 Å². The highest BCUT2D eigenvalue weighted by Crippen LogP contribution is 2.33. The van der Waals surface area contributed by atoms with E-state index in [-0.39, 0.29) is 0 Å². The molecule has 5 heteroatoms. The van der Waals surface area contributed by atoms with E-state index >= 15 is 0 Å². The van der Waals surface area contributed by atoms with Crippen molar-refractivity contribution >= 4 is 27.3 Å². The molecule has 0 aliphatic rings. The number of thiophene rings is 1. The molecule has 0 radical (unpaired) electrons. The molecule has 2 heterocycles. The van der Waals surface area contributed by atoms with Gasteiger partial charge in [0.2, 0.25) is 0 Å². The molecule has 0 aromatic carbocycles. The molecule has 3 nitrogen and oxygen atoms in total. The van der Waals surface area contributed by atoms with Gasteiger partial charge in [0.1, 0.15) is 0 Å². The molecule has 0 fully saturated rings. The lowest BCUT2D eigenvalue weighted by molar-refractivity contribution is 0.432. The molecule has 0 saturated carbocycles. The van der Waals surface area contributed by atoms with Gasteiger partial charge in [-0.25, -0.2) is 0 Å². The van der Waals surface area contributed by atoms with Crippen molar-refractivity contribution in [3.63, 3.8) is 0 Å². The maximum Gasteiger partial charge on any atom is 0.181 e. The van der Waals surface area contributed by atoms with Gasteiger partial charge < -0.3 is 9.84 Å². The second-order valence-corrected chi connectivity index (χ2v) is 6.28. The van der Waals surface area contributed by atoms with Crippen LogP contribution in [-0.4, -0.2) is 11.2 Å². The summed E-state index contributed by atoms with van der Waals surface area (Å²) < 4.78 is 6.39. The monoisotopic (exact) mass is 300 g/mol. The van der Waals surface area contributed by atoms with Crippen molar-refractivity contribution in [3.8, 4) is 10.6 Å². The van der Waals surface area contributed by atoms with Crippen molar-refractivity contribution < 1.29 is 4.52 Å². The number of nitrogens with zero attached hydrogens (tertiary/aromatic N) is 1. The molecule has 1 N–H and O–H groups in total. The summed E-state index contributed by atoms with van der Waals surface area (Å²) in [5, 5.41) is 7.22. The molecule has 0 amide bonds. The molecule has 0 saturated heterocycles. The van der Waals surface area contributed by atoms with E-state index in [0.29, 0.717) is 6.04 Å². The van der Waals surface area contributed by atoms with E-state index < -0.39 is 0 Å². The number of halogens is 1. The molecular weight excluding hydrogens is 288 g/mol. The third kappa shape index (κ3) is 2.72. The molecule has 2 rings (SSSR count). The van der Waals surface area contributed by atoms with Crippen LogP contribution in [0.1, 0.15) is 19.4 Å². The average molecular weight is 301 g/mol. The Bertz CT molecular complexity index is 464. The maximum atomic E-state index is 5.30. The van der Waals surface area contributed by atoms with Crippen LogP contribution in [0.15, 0.2) is 26.6 Å². The topological polar surface area (TPSA) is 38.1 Å². The molecule has 0 spiro atoms. The van der Waals surface area contributed by atoms with E-state index in [9.17, 15) is 0 Å². The van der Waals surface area contributed by atoms with Gasteiger partial charge in [0.25, 0.3) is 0 Å². The summed E-state index contributed by atoms with van der Waals surface area (Å²) >= 11 is 5.09. The van der Waals surface area contributed by atoms with Gasteiger partial charge in [0, 0.05) is 18.2 Å². The number of hydrogen-bond acceptors (Lipinski definition) is 4. The van der Waals surface area contributed by atoms with Crippen molar-refractivity contribution in [3.05, 3.63) is 27.7 Å². The fourth-order valence-electron chi connectivity index (χ4n) is 1.34. The first kappa shape index (κ1) is 11.8. The molecule has 2 aromatic rings. The number of rotatable bonds is 4. The summed E-state index contributed by atoms with van der Waals surface area (Å²) in [5.74, 6) is 0.865. The minimum atomic E-state index is 0.456. The first-order valence-corrected chi connectivity index (χ1v) is 6.70. The van der Waals surface area contributed by atoms with E-state index in [4.69, 9.17) is 4.52 Å². The van der Waals surface area contributed by atoms with E-state index in [0.717, 1.165) is 26.5 Å². The smallest absolute Gasteiger partial charge is 0.181 e. The molecule has 0 unspecified atom stereocenters. The van der Waals surface area contributed by atoms with Crippen molar-refractivity contribution in [2.75, 3.05) is 0 Å². The molecule has 0 aliphatic carbocycles. The zero-order valence-corrected chi connectivity index (χ0v) is 11.6. The minimum absolute atomic E-state index is 0.456. The van der Waals surface area contributed by atoms with Gasteiger partial charge in [0.15, 0.2) is 5.76 Å². The average Bonchev–Trinajstić information content (AvgIpc) is 2.82. The molecule has 86 valence electrons. The quantitative estimate of drug-likeness (QED) is 0.936. The lowest BCUT2D eigenvalue weighted by Gasteiger charge is -2.06. The Morgan fingerprint density at radius 1 is 1.50 bits per heavy atom. The van der Waals surface area contributed by atoms with Crippen LogP contribution in [0.2, 0.25) is 0 Å². The highest BCUT2D eigenvalue weighted by atomic mass is 79.9. The van der Waals surface area contributed by atoms with Gasteiger partial charge in [-0.05, 0) is 28.1 Å².